The summed E-state index contributed by atoms with van der Waals surface area (Å²) in [7, 11) is 0. The first kappa shape index (κ1) is 10.3. The van der Waals surface area contributed by atoms with Crippen LogP contribution >= 0.6 is 11.8 Å². The molecule has 0 aromatic heterocycles. The maximum Gasteiger partial charge on any atom is 0.240 e. The van der Waals surface area contributed by atoms with Crippen LogP contribution in [0.2, 0.25) is 0 Å². The second kappa shape index (κ2) is 4.43. The molecule has 2 unspecified atom stereocenters. The number of carbonyl (C=O) groups is 2. The van der Waals surface area contributed by atoms with Crippen molar-refractivity contribution in [2.75, 3.05) is 5.75 Å². The topological polar surface area (TPSA) is 72.2 Å². The number of nitrogens with one attached hydrogen (secondary N) is 1. The molecular formula is C8H12N2O2S. The molecule has 1 aliphatic rings. The van der Waals surface area contributed by atoms with Gasteiger partial charge in [0, 0.05) is 18.2 Å². The highest BCUT2D eigenvalue weighted by Crippen LogP contribution is 2.19. The van der Waals surface area contributed by atoms with Gasteiger partial charge in [-0.25, -0.2) is 0 Å². The van der Waals surface area contributed by atoms with Crippen molar-refractivity contribution in [1.82, 2.24) is 5.32 Å². The van der Waals surface area contributed by atoms with Crippen LogP contribution in [0.1, 0.15) is 6.42 Å². The molecule has 13 heavy (non-hydrogen) atoms. The quantitative estimate of drug-likeness (QED) is 0.480. The average Bonchev–Trinajstić information content (AvgIpc) is 2.41. The first-order valence-electron chi connectivity index (χ1n) is 3.97. The predicted octanol–water partition coefficient (Wildman–Crippen LogP) is -0.352. The fraction of sp³-hybridized carbons (Fsp3) is 0.500. The van der Waals surface area contributed by atoms with Crippen molar-refractivity contribution in [3.63, 3.8) is 0 Å². The predicted molar refractivity (Wildman–Crippen MR) is 52.2 cm³/mol. The van der Waals surface area contributed by atoms with Crippen LogP contribution in [0.5, 0.6) is 0 Å². The molecule has 1 fully saturated rings. The van der Waals surface area contributed by atoms with Gasteiger partial charge in [0.1, 0.15) is 0 Å². The lowest BCUT2D eigenvalue weighted by atomic mass is 10.3. The zero-order valence-corrected chi connectivity index (χ0v) is 7.97. The fourth-order valence-electron chi connectivity index (χ4n) is 0.960. The summed E-state index contributed by atoms with van der Waals surface area (Å²) < 4.78 is 0. The largest absolute Gasteiger partial charge is 0.324 e. The first-order chi connectivity index (χ1) is 6.13. The number of carbonyl (C=O) groups excluding carboxylic acids is 2. The molecule has 4 nitrogen and oxygen atoms in total. The van der Waals surface area contributed by atoms with E-state index in [0.717, 1.165) is 0 Å². The smallest absolute Gasteiger partial charge is 0.240 e. The molecule has 1 saturated heterocycles. The lowest BCUT2D eigenvalue weighted by Gasteiger charge is -2.08. The zero-order valence-electron chi connectivity index (χ0n) is 7.16. The van der Waals surface area contributed by atoms with Gasteiger partial charge in [0.05, 0.1) is 5.25 Å². The third-order valence-corrected chi connectivity index (χ3v) is 3.08. The van der Waals surface area contributed by atoms with Crippen LogP contribution in [0.4, 0.5) is 0 Å². The van der Waals surface area contributed by atoms with Crippen molar-refractivity contribution in [2.45, 2.75) is 17.7 Å². The Hall–Kier alpha value is -0.810. The van der Waals surface area contributed by atoms with Crippen LogP contribution in [0.3, 0.4) is 0 Å². The van der Waals surface area contributed by atoms with E-state index in [1.165, 1.54) is 11.8 Å². The summed E-state index contributed by atoms with van der Waals surface area (Å²) >= 11 is 1.40. The van der Waals surface area contributed by atoms with E-state index in [4.69, 9.17) is 5.73 Å². The van der Waals surface area contributed by atoms with Crippen LogP contribution in [-0.2, 0) is 9.59 Å². The Morgan fingerprint density at radius 1 is 1.77 bits per heavy atom. The van der Waals surface area contributed by atoms with E-state index in [2.05, 4.69) is 11.9 Å². The van der Waals surface area contributed by atoms with E-state index in [1.807, 2.05) is 0 Å². The Balaban J connectivity index is 2.33. The zero-order chi connectivity index (χ0) is 9.84. The summed E-state index contributed by atoms with van der Waals surface area (Å²) in [4.78, 5) is 21.8. The number of thioether (sulfide) groups is 1. The number of imide groups is 1. The molecule has 0 radical (unpaired) electrons. The minimum Gasteiger partial charge on any atom is -0.324 e. The van der Waals surface area contributed by atoms with Gasteiger partial charge in [0.25, 0.3) is 0 Å². The molecule has 1 rings (SSSR count). The highest BCUT2D eigenvalue weighted by Gasteiger charge is 2.30. The second-order valence-electron chi connectivity index (χ2n) is 2.84. The Labute approximate surface area is 80.9 Å². The lowest BCUT2D eigenvalue weighted by Crippen LogP contribution is -2.25. The Morgan fingerprint density at radius 3 is 2.92 bits per heavy atom. The van der Waals surface area contributed by atoms with Crippen molar-refractivity contribution < 1.29 is 9.59 Å². The van der Waals surface area contributed by atoms with Crippen molar-refractivity contribution in [1.29, 1.82) is 0 Å². The molecule has 1 aliphatic heterocycles. The Kier molecular flexibility index (Phi) is 3.50. The van der Waals surface area contributed by atoms with Gasteiger partial charge in [0.2, 0.25) is 11.8 Å². The number of rotatable bonds is 4. The fourth-order valence-corrected chi connectivity index (χ4v) is 2.03. The molecule has 5 heteroatoms. The molecule has 3 N–H and O–H groups in total. The van der Waals surface area contributed by atoms with Gasteiger partial charge in [-0.15, -0.1) is 18.3 Å². The number of hydrogen-bond donors (Lipinski definition) is 2. The Bertz CT molecular complexity index is 242. The van der Waals surface area contributed by atoms with E-state index < -0.39 is 0 Å². The van der Waals surface area contributed by atoms with Crippen molar-refractivity contribution >= 4 is 23.6 Å². The van der Waals surface area contributed by atoms with Crippen LogP contribution in [0.15, 0.2) is 12.7 Å². The van der Waals surface area contributed by atoms with E-state index in [-0.39, 0.29) is 29.5 Å². The maximum absolute atomic E-state index is 11.1. The summed E-state index contributed by atoms with van der Waals surface area (Å²) in [5.74, 6) is 0.218. The number of hydrogen-bond acceptors (Lipinski definition) is 4. The normalized spacial score (nSPS) is 24.2. The first-order valence-corrected chi connectivity index (χ1v) is 5.02. The minimum absolute atomic E-state index is 0.117. The molecule has 2 amide bonds. The van der Waals surface area contributed by atoms with Gasteiger partial charge in [-0.1, -0.05) is 6.08 Å². The standard InChI is InChI=1S/C8H12N2O2S/c1-2-5(9)4-13-6-3-7(11)10-8(6)12/h2,5-6H,1,3-4,9H2,(H,10,11,12). The molecule has 0 aliphatic carbocycles. The Morgan fingerprint density at radius 2 is 2.46 bits per heavy atom. The third kappa shape index (κ3) is 2.86. The molecule has 0 spiro atoms. The molecular weight excluding hydrogens is 188 g/mol. The minimum atomic E-state index is -0.265. The average molecular weight is 200 g/mol. The molecule has 1 heterocycles. The highest BCUT2D eigenvalue weighted by atomic mass is 32.2. The van der Waals surface area contributed by atoms with Crippen molar-refractivity contribution in [3.8, 4) is 0 Å². The van der Waals surface area contributed by atoms with Gasteiger partial charge < -0.3 is 5.73 Å². The molecule has 72 valence electrons. The highest BCUT2D eigenvalue weighted by molar-refractivity contribution is 8.00. The monoisotopic (exact) mass is 200 g/mol. The van der Waals surface area contributed by atoms with Gasteiger partial charge in [-0.3, -0.25) is 14.9 Å². The molecule has 2 atom stereocenters. The summed E-state index contributed by atoms with van der Waals surface area (Å²) in [5, 5.41) is 1.98. The summed E-state index contributed by atoms with van der Waals surface area (Å²) in [6.45, 7) is 3.53. The van der Waals surface area contributed by atoms with Gasteiger partial charge >= 0.3 is 0 Å². The lowest BCUT2D eigenvalue weighted by molar-refractivity contribution is -0.124. The van der Waals surface area contributed by atoms with Crippen LogP contribution in [-0.4, -0.2) is 28.9 Å². The van der Waals surface area contributed by atoms with E-state index in [0.29, 0.717) is 5.75 Å². The maximum atomic E-state index is 11.1. The summed E-state index contributed by atoms with van der Waals surface area (Å²) in [5.41, 5.74) is 5.58. The van der Waals surface area contributed by atoms with Crippen molar-refractivity contribution in [2.24, 2.45) is 5.73 Å². The van der Waals surface area contributed by atoms with E-state index in [1.54, 1.807) is 6.08 Å². The van der Waals surface area contributed by atoms with Gasteiger partial charge in [-0.2, -0.15) is 0 Å². The molecule has 0 aromatic rings. The molecule has 0 saturated carbocycles. The SMILES string of the molecule is C=CC(N)CSC1CC(=O)NC1=O. The second-order valence-corrected chi connectivity index (χ2v) is 4.07. The molecule has 0 aromatic carbocycles. The van der Waals surface area contributed by atoms with Crippen molar-refractivity contribution in [3.05, 3.63) is 12.7 Å². The summed E-state index contributed by atoms with van der Waals surface area (Å²) in [6, 6.07) is -0.117. The van der Waals surface area contributed by atoms with E-state index >= 15 is 0 Å². The number of nitrogens with two attached hydrogens (primary N) is 1. The van der Waals surface area contributed by atoms with Crippen LogP contribution in [0.25, 0.3) is 0 Å². The summed E-state index contributed by atoms with van der Waals surface area (Å²) in [6.07, 6.45) is 1.90. The molecule has 0 bridgehead atoms. The van der Waals surface area contributed by atoms with Gasteiger partial charge in [-0.05, 0) is 0 Å². The van der Waals surface area contributed by atoms with Crippen LogP contribution in [0, 0.1) is 0 Å². The number of amides is 2. The third-order valence-electron chi connectivity index (χ3n) is 1.72. The van der Waals surface area contributed by atoms with E-state index in [9.17, 15) is 9.59 Å². The van der Waals surface area contributed by atoms with Crippen LogP contribution < -0.4 is 11.1 Å². The van der Waals surface area contributed by atoms with Gasteiger partial charge in [0.15, 0.2) is 0 Å².